The third kappa shape index (κ3) is 4.17. The fourth-order valence-electron chi connectivity index (χ4n) is 3.14. The first-order valence-corrected chi connectivity index (χ1v) is 8.90. The number of nitrogens with zero attached hydrogens (tertiary/aromatic N) is 1. The molecule has 1 saturated heterocycles. The van der Waals surface area contributed by atoms with Crippen molar-refractivity contribution in [3.05, 3.63) is 0 Å². The Morgan fingerprint density at radius 2 is 1.90 bits per heavy atom. The molecule has 2 aliphatic rings. The average Bonchev–Trinajstić information content (AvgIpc) is 2.92. The number of rotatable bonds is 6. The summed E-state index contributed by atoms with van der Waals surface area (Å²) in [5.41, 5.74) is 0. The van der Waals surface area contributed by atoms with Gasteiger partial charge in [0, 0.05) is 19.6 Å². The number of carboxylic acid groups (broad SMARTS) is 1. The van der Waals surface area contributed by atoms with Crippen LogP contribution in [0, 0.1) is 11.8 Å². The Balaban J connectivity index is 1.80. The van der Waals surface area contributed by atoms with Crippen LogP contribution < -0.4 is 4.72 Å². The average molecular weight is 304 g/mol. The van der Waals surface area contributed by atoms with Gasteiger partial charge in [-0.25, -0.2) is 4.72 Å². The van der Waals surface area contributed by atoms with Crippen LogP contribution in [0.4, 0.5) is 0 Å². The first-order chi connectivity index (χ1) is 9.49. The van der Waals surface area contributed by atoms with E-state index >= 15 is 0 Å². The van der Waals surface area contributed by atoms with Gasteiger partial charge in [-0.15, -0.1) is 0 Å². The number of hydrogen-bond donors (Lipinski definition) is 2. The number of piperidine rings is 1. The summed E-state index contributed by atoms with van der Waals surface area (Å²) in [4.78, 5) is 11.0. The van der Waals surface area contributed by atoms with Crippen molar-refractivity contribution in [3.8, 4) is 0 Å². The Labute approximate surface area is 120 Å². The number of carbonyl (C=O) groups is 1. The molecule has 1 saturated carbocycles. The molecule has 0 aromatic heterocycles. The monoisotopic (exact) mass is 304 g/mol. The summed E-state index contributed by atoms with van der Waals surface area (Å²) in [5, 5.41) is 9.00. The largest absolute Gasteiger partial charge is 0.481 e. The lowest BCUT2D eigenvalue weighted by molar-refractivity contribution is -0.142. The molecule has 116 valence electrons. The summed E-state index contributed by atoms with van der Waals surface area (Å²) in [6, 6.07) is 0. The van der Waals surface area contributed by atoms with E-state index < -0.39 is 22.1 Å². The van der Waals surface area contributed by atoms with Gasteiger partial charge in [0.15, 0.2) is 0 Å². The molecule has 0 bridgehead atoms. The maximum absolute atomic E-state index is 12.1. The van der Waals surface area contributed by atoms with E-state index in [0.29, 0.717) is 31.8 Å². The number of hydrogen-bond acceptors (Lipinski definition) is 3. The first-order valence-electron chi connectivity index (χ1n) is 7.46. The highest BCUT2D eigenvalue weighted by Crippen LogP contribution is 2.27. The van der Waals surface area contributed by atoms with Crippen molar-refractivity contribution in [1.29, 1.82) is 0 Å². The minimum Gasteiger partial charge on any atom is -0.481 e. The second-order valence-corrected chi connectivity index (χ2v) is 7.63. The van der Waals surface area contributed by atoms with Crippen LogP contribution in [0.5, 0.6) is 0 Å². The zero-order chi connectivity index (χ0) is 14.6. The molecular weight excluding hydrogens is 280 g/mol. The van der Waals surface area contributed by atoms with Crippen molar-refractivity contribution in [2.45, 2.75) is 44.9 Å². The number of carboxylic acids is 1. The van der Waals surface area contributed by atoms with E-state index in [4.69, 9.17) is 5.11 Å². The third-order valence-electron chi connectivity index (χ3n) is 4.39. The normalized spacial score (nSPS) is 25.9. The van der Waals surface area contributed by atoms with E-state index in [1.807, 2.05) is 0 Å². The standard InChI is InChI=1S/C13H24N2O4S/c16-13(17)12-6-3-9-15(10-12)20(18,19)14-8-7-11-4-1-2-5-11/h11-12,14H,1-10H2,(H,16,17). The van der Waals surface area contributed by atoms with E-state index in [1.54, 1.807) is 0 Å². The maximum atomic E-state index is 12.1. The fourth-order valence-corrected chi connectivity index (χ4v) is 4.45. The van der Waals surface area contributed by atoms with Crippen molar-refractivity contribution in [3.63, 3.8) is 0 Å². The van der Waals surface area contributed by atoms with Crippen molar-refractivity contribution in [2.75, 3.05) is 19.6 Å². The van der Waals surface area contributed by atoms with Crippen LogP contribution in [0.3, 0.4) is 0 Å². The summed E-state index contributed by atoms with van der Waals surface area (Å²) in [5.74, 6) is -0.836. The van der Waals surface area contributed by atoms with Crippen molar-refractivity contribution >= 4 is 16.2 Å². The van der Waals surface area contributed by atoms with Gasteiger partial charge < -0.3 is 5.11 Å². The van der Waals surface area contributed by atoms with E-state index in [1.165, 1.54) is 30.0 Å². The van der Waals surface area contributed by atoms with Crippen molar-refractivity contribution in [1.82, 2.24) is 9.03 Å². The molecule has 2 N–H and O–H groups in total. The van der Waals surface area contributed by atoms with Crippen LogP contribution in [0.2, 0.25) is 0 Å². The van der Waals surface area contributed by atoms with Gasteiger partial charge in [-0.2, -0.15) is 12.7 Å². The number of nitrogens with one attached hydrogen (secondary N) is 1. The van der Waals surface area contributed by atoms with E-state index in [0.717, 1.165) is 6.42 Å². The zero-order valence-electron chi connectivity index (χ0n) is 11.8. The van der Waals surface area contributed by atoms with Crippen LogP contribution in [-0.4, -0.2) is 43.4 Å². The molecule has 1 heterocycles. The summed E-state index contributed by atoms with van der Waals surface area (Å²) < 4.78 is 28.2. The SMILES string of the molecule is O=C(O)C1CCCN(S(=O)(=O)NCCC2CCCC2)C1. The Kier molecular flexibility index (Phi) is 5.40. The Hall–Kier alpha value is -0.660. The molecule has 1 aliphatic carbocycles. The molecule has 1 unspecified atom stereocenters. The summed E-state index contributed by atoms with van der Waals surface area (Å²) >= 11 is 0. The molecule has 0 amide bonds. The maximum Gasteiger partial charge on any atom is 0.307 e. The molecular formula is C13H24N2O4S. The Morgan fingerprint density at radius 3 is 2.55 bits per heavy atom. The van der Waals surface area contributed by atoms with Gasteiger partial charge in [0.2, 0.25) is 0 Å². The zero-order valence-corrected chi connectivity index (χ0v) is 12.6. The van der Waals surface area contributed by atoms with E-state index in [-0.39, 0.29) is 6.54 Å². The molecule has 1 atom stereocenters. The van der Waals surface area contributed by atoms with Gasteiger partial charge >= 0.3 is 5.97 Å². The van der Waals surface area contributed by atoms with E-state index in [2.05, 4.69) is 4.72 Å². The van der Waals surface area contributed by atoms with Crippen LogP contribution in [0.15, 0.2) is 0 Å². The molecule has 0 radical (unpaired) electrons. The molecule has 7 heteroatoms. The van der Waals surface area contributed by atoms with Crippen LogP contribution >= 0.6 is 0 Å². The van der Waals surface area contributed by atoms with Gasteiger partial charge in [0.25, 0.3) is 10.2 Å². The summed E-state index contributed by atoms with van der Waals surface area (Å²) in [6.07, 6.45) is 6.96. The highest BCUT2D eigenvalue weighted by atomic mass is 32.2. The smallest absolute Gasteiger partial charge is 0.307 e. The van der Waals surface area contributed by atoms with Crippen molar-refractivity contribution in [2.24, 2.45) is 11.8 Å². The Morgan fingerprint density at radius 1 is 1.20 bits per heavy atom. The van der Waals surface area contributed by atoms with Crippen molar-refractivity contribution < 1.29 is 18.3 Å². The quantitative estimate of drug-likeness (QED) is 0.772. The number of aliphatic carboxylic acids is 1. The lowest BCUT2D eigenvalue weighted by atomic mass is 10.0. The lowest BCUT2D eigenvalue weighted by Crippen LogP contribution is -2.47. The topological polar surface area (TPSA) is 86.7 Å². The summed E-state index contributed by atoms with van der Waals surface area (Å²) in [7, 11) is -3.52. The lowest BCUT2D eigenvalue weighted by Gasteiger charge is -2.29. The minimum atomic E-state index is -3.52. The molecule has 0 aromatic rings. The molecule has 0 aromatic carbocycles. The first kappa shape index (κ1) is 15.7. The second kappa shape index (κ2) is 6.87. The highest BCUT2D eigenvalue weighted by Gasteiger charge is 2.32. The van der Waals surface area contributed by atoms with Crippen LogP contribution in [0.25, 0.3) is 0 Å². The predicted octanol–water partition coefficient (Wildman–Crippen LogP) is 1.20. The highest BCUT2D eigenvalue weighted by molar-refractivity contribution is 7.87. The van der Waals surface area contributed by atoms with Gasteiger partial charge in [0.1, 0.15) is 0 Å². The summed E-state index contributed by atoms with van der Waals surface area (Å²) in [6.45, 7) is 0.970. The third-order valence-corrected chi connectivity index (χ3v) is 5.97. The minimum absolute atomic E-state index is 0.0914. The molecule has 2 rings (SSSR count). The second-order valence-electron chi connectivity index (χ2n) is 5.87. The van der Waals surface area contributed by atoms with Crippen LogP contribution in [0.1, 0.15) is 44.9 Å². The molecule has 0 spiro atoms. The van der Waals surface area contributed by atoms with E-state index in [9.17, 15) is 13.2 Å². The van der Waals surface area contributed by atoms with Crippen LogP contribution in [-0.2, 0) is 15.0 Å². The molecule has 20 heavy (non-hydrogen) atoms. The van der Waals surface area contributed by atoms with Gasteiger partial charge in [0.05, 0.1) is 5.92 Å². The van der Waals surface area contributed by atoms with Gasteiger partial charge in [-0.05, 0) is 25.2 Å². The Bertz CT molecular complexity index is 432. The van der Waals surface area contributed by atoms with Gasteiger partial charge in [-0.1, -0.05) is 25.7 Å². The van der Waals surface area contributed by atoms with Gasteiger partial charge in [-0.3, -0.25) is 4.79 Å². The molecule has 1 aliphatic heterocycles. The predicted molar refractivity (Wildman–Crippen MR) is 75.4 cm³/mol. The molecule has 6 nitrogen and oxygen atoms in total. The molecule has 2 fully saturated rings. The fraction of sp³-hybridized carbons (Fsp3) is 0.923.